The molecule has 1 aromatic rings. The molecule has 1 atom stereocenters. The highest BCUT2D eigenvalue weighted by atomic mass is 32.1. The van der Waals surface area contributed by atoms with Gasteiger partial charge >= 0.3 is 0 Å². The fourth-order valence-electron chi connectivity index (χ4n) is 2.55. The van der Waals surface area contributed by atoms with Gasteiger partial charge in [0.15, 0.2) is 0 Å². The topological polar surface area (TPSA) is 35.5 Å². The van der Waals surface area contributed by atoms with Crippen LogP contribution in [0.5, 0.6) is 0 Å². The average molecular weight is 268 g/mol. The lowest BCUT2D eigenvalue weighted by Crippen LogP contribution is -2.50. The van der Waals surface area contributed by atoms with E-state index in [1.165, 1.54) is 4.88 Å². The molecule has 1 saturated heterocycles. The van der Waals surface area contributed by atoms with Gasteiger partial charge in [-0.05, 0) is 57.8 Å². The first-order valence-electron chi connectivity index (χ1n) is 6.75. The molecular formula is C14H24N2OS. The fraction of sp³-hybridized carbons (Fsp3) is 0.714. The van der Waals surface area contributed by atoms with Crippen molar-refractivity contribution in [1.29, 1.82) is 0 Å². The van der Waals surface area contributed by atoms with Crippen molar-refractivity contribution in [2.24, 2.45) is 0 Å². The molecule has 0 amide bonds. The summed E-state index contributed by atoms with van der Waals surface area (Å²) in [7, 11) is 2.12. The number of thiophene rings is 1. The quantitative estimate of drug-likeness (QED) is 0.853. The van der Waals surface area contributed by atoms with Crippen LogP contribution in [0.3, 0.4) is 0 Å². The lowest BCUT2D eigenvalue weighted by atomic mass is 9.91. The predicted molar refractivity (Wildman–Crippen MR) is 77.2 cm³/mol. The zero-order chi connectivity index (χ0) is 13.0. The largest absolute Gasteiger partial charge is 0.388 e. The molecule has 1 unspecified atom stereocenters. The van der Waals surface area contributed by atoms with Crippen molar-refractivity contribution in [2.45, 2.75) is 37.8 Å². The van der Waals surface area contributed by atoms with Crippen molar-refractivity contribution in [2.75, 3.05) is 26.7 Å². The van der Waals surface area contributed by atoms with Crippen LogP contribution in [-0.2, 0) is 6.42 Å². The molecule has 1 fully saturated rings. The van der Waals surface area contributed by atoms with E-state index in [0.29, 0.717) is 6.04 Å². The smallest absolute Gasteiger partial charge is 0.0798 e. The van der Waals surface area contributed by atoms with Crippen LogP contribution >= 0.6 is 11.3 Å². The van der Waals surface area contributed by atoms with E-state index in [-0.39, 0.29) is 0 Å². The summed E-state index contributed by atoms with van der Waals surface area (Å²) in [5, 5.41) is 16.0. The molecule has 0 saturated carbocycles. The normalized spacial score (nSPS) is 21.1. The third kappa shape index (κ3) is 3.79. The maximum absolute atomic E-state index is 10.5. The zero-order valence-electron chi connectivity index (χ0n) is 11.4. The number of piperidine rings is 1. The predicted octanol–water partition coefficient (Wildman–Crippen LogP) is 1.73. The van der Waals surface area contributed by atoms with E-state index in [1.54, 1.807) is 0 Å². The summed E-state index contributed by atoms with van der Waals surface area (Å²) in [6.45, 7) is 4.89. The summed E-state index contributed by atoms with van der Waals surface area (Å²) in [5.74, 6) is 0. The third-order valence-electron chi connectivity index (χ3n) is 3.91. The van der Waals surface area contributed by atoms with Crippen LogP contribution in [0.1, 0.15) is 24.6 Å². The van der Waals surface area contributed by atoms with Crippen molar-refractivity contribution in [3.05, 3.63) is 22.4 Å². The second-order valence-electron chi connectivity index (χ2n) is 5.52. The summed E-state index contributed by atoms with van der Waals surface area (Å²) in [5.41, 5.74) is -0.496. The number of rotatable bonds is 5. The Morgan fingerprint density at radius 1 is 1.50 bits per heavy atom. The van der Waals surface area contributed by atoms with E-state index in [9.17, 15) is 5.11 Å². The lowest BCUT2D eigenvalue weighted by Gasteiger charge is -2.38. The minimum Gasteiger partial charge on any atom is -0.388 e. The van der Waals surface area contributed by atoms with Crippen LogP contribution in [-0.4, -0.2) is 48.3 Å². The minimum atomic E-state index is -0.496. The van der Waals surface area contributed by atoms with Crippen molar-refractivity contribution >= 4 is 11.3 Å². The second-order valence-corrected chi connectivity index (χ2v) is 6.55. The highest BCUT2D eigenvalue weighted by Crippen LogP contribution is 2.21. The molecule has 4 heteroatoms. The van der Waals surface area contributed by atoms with E-state index >= 15 is 0 Å². The number of hydrogen-bond acceptors (Lipinski definition) is 4. The van der Waals surface area contributed by atoms with E-state index in [2.05, 4.69) is 41.7 Å². The zero-order valence-corrected chi connectivity index (χ0v) is 12.2. The van der Waals surface area contributed by atoms with Crippen LogP contribution in [0.2, 0.25) is 0 Å². The molecule has 102 valence electrons. The van der Waals surface area contributed by atoms with Crippen molar-refractivity contribution in [3.8, 4) is 0 Å². The number of aliphatic hydroxyl groups is 1. The Balaban J connectivity index is 1.84. The molecule has 0 spiro atoms. The Morgan fingerprint density at radius 2 is 2.22 bits per heavy atom. The molecule has 1 aliphatic heterocycles. The molecule has 0 aliphatic carbocycles. The first kappa shape index (κ1) is 14.0. The Morgan fingerprint density at radius 3 is 2.83 bits per heavy atom. The molecule has 2 N–H and O–H groups in total. The minimum absolute atomic E-state index is 0.475. The summed E-state index contributed by atoms with van der Waals surface area (Å²) >= 11 is 1.81. The summed E-state index contributed by atoms with van der Waals surface area (Å²) < 4.78 is 0. The Labute approximate surface area is 114 Å². The van der Waals surface area contributed by atoms with Gasteiger partial charge in [-0.15, -0.1) is 11.3 Å². The molecule has 1 aliphatic rings. The van der Waals surface area contributed by atoms with E-state index < -0.39 is 5.60 Å². The van der Waals surface area contributed by atoms with Gasteiger partial charge in [0.1, 0.15) is 0 Å². The molecule has 18 heavy (non-hydrogen) atoms. The van der Waals surface area contributed by atoms with Gasteiger partial charge in [0, 0.05) is 17.5 Å². The average Bonchev–Trinajstić information content (AvgIpc) is 2.82. The van der Waals surface area contributed by atoms with Gasteiger partial charge < -0.3 is 15.3 Å². The SMILES string of the molecule is CC(Cc1cccs1)N(C)CC1(O)CCNCC1. The first-order chi connectivity index (χ1) is 8.59. The van der Waals surface area contributed by atoms with Crippen molar-refractivity contribution in [1.82, 2.24) is 10.2 Å². The van der Waals surface area contributed by atoms with Gasteiger partial charge in [-0.25, -0.2) is 0 Å². The molecule has 0 bridgehead atoms. The van der Waals surface area contributed by atoms with Crippen LogP contribution in [0.4, 0.5) is 0 Å². The number of nitrogens with zero attached hydrogens (tertiary/aromatic N) is 1. The Hall–Kier alpha value is -0.420. The summed E-state index contributed by atoms with van der Waals surface area (Å²) in [4.78, 5) is 3.72. The van der Waals surface area contributed by atoms with Crippen LogP contribution in [0, 0.1) is 0 Å². The fourth-order valence-corrected chi connectivity index (χ4v) is 3.37. The van der Waals surface area contributed by atoms with Gasteiger partial charge in [0.25, 0.3) is 0 Å². The second kappa shape index (κ2) is 6.15. The Kier molecular flexibility index (Phi) is 4.78. The summed E-state index contributed by atoms with van der Waals surface area (Å²) in [6, 6.07) is 4.77. The van der Waals surface area contributed by atoms with Gasteiger partial charge in [-0.3, -0.25) is 0 Å². The van der Waals surface area contributed by atoms with Crippen LogP contribution in [0.15, 0.2) is 17.5 Å². The summed E-state index contributed by atoms with van der Waals surface area (Å²) in [6.07, 6.45) is 2.80. The van der Waals surface area contributed by atoms with Gasteiger partial charge in [-0.2, -0.15) is 0 Å². The molecule has 0 aromatic carbocycles. The molecule has 2 rings (SSSR count). The molecule has 3 nitrogen and oxygen atoms in total. The van der Waals surface area contributed by atoms with Crippen molar-refractivity contribution in [3.63, 3.8) is 0 Å². The monoisotopic (exact) mass is 268 g/mol. The van der Waals surface area contributed by atoms with Crippen LogP contribution < -0.4 is 5.32 Å². The van der Waals surface area contributed by atoms with Gasteiger partial charge in [-0.1, -0.05) is 6.07 Å². The molecule has 2 heterocycles. The Bertz CT molecular complexity index is 347. The van der Waals surface area contributed by atoms with Gasteiger partial charge in [0.05, 0.1) is 5.60 Å². The van der Waals surface area contributed by atoms with E-state index in [0.717, 1.165) is 38.9 Å². The number of hydrogen-bond donors (Lipinski definition) is 2. The first-order valence-corrected chi connectivity index (χ1v) is 7.63. The molecular weight excluding hydrogens is 244 g/mol. The lowest BCUT2D eigenvalue weighted by molar-refractivity contribution is -0.0224. The maximum atomic E-state index is 10.5. The maximum Gasteiger partial charge on any atom is 0.0798 e. The number of likely N-dealkylation sites (N-methyl/N-ethyl adjacent to an activating group) is 1. The standard InChI is InChI=1S/C14H24N2OS/c1-12(10-13-4-3-9-18-13)16(2)11-14(17)5-7-15-8-6-14/h3-4,9,12,15,17H,5-8,10-11H2,1-2H3. The third-order valence-corrected chi connectivity index (χ3v) is 4.81. The van der Waals surface area contributed by atoms with E-state index in [1.807, 2.05) is 11.3 Å². The highest BCUT2D eigenvalue weighted by molar-refractivity contribution is 7.09. The van der Waals surface area contributed by atoms with Crippen LogP contribution in [0.25, 0.3) is 0 Å². The van der Waals surface area contributed by atoms with Crippen molar-refractivity contribution < 1.29 is 5.11 Å². The molecule has 1 aromatic heterocycles. The van der Waals surface area contributed by atoms with E-state index in [4.69, 9.17) is 0 Å². The molecule has 0 radical (unpaired) electrons. The van der Waals surface area contributed by atoms with Gasteiger partial charge in [0.2, 0.25) is 0 Å². The number of nitrogens with one attached hydrogen (secondary N) is 1. The highest BCUT2D eigenvalue weighted by Gasteiger charge is 2.31.